The zero-order valence-corrected chi connectivity index (χ0v) is 8.69. The lowest BCUT2D eigenvalue weighted by molar-refractivity contribution is 0.184. The fourth-order valence-corrected chi connectivity index (χ4v) is 1.95. The minimum Gasteiger partial charge on any atom is -0.314 e. The van der Waals surface area contributed by atoms with E-state index in [4.69, 9.17) is 0 Å². The molecule has 2 atom stereocenters. The highest BCUT2D eigenvalue weighted by Crippen LogP contribution is 2.01. The SMILES string of the molecule is CC1CNCCN1CCS(C)=O. The monoisotopic (exact) mass is 190 g/mol. The highest BCUT2D eigenvalue weighted by molar-refractivity contribution is 7.84. The summed E-state index contributed by atoms with van der Waals surface area (Å²) in [6.45, 7) is 6.42. The molecule has 0 radical (unpaired) electrons. The molecule has 0 amide bonds. The van der Waals surface area contributed by atoms with Crippen molar-refractivity contribution in [2.45, 2.75) is 13.0 Å². The first-order valence-corrected chi connectivity index (χ1v) is 6.17. The van der Waals surface area contributed by atoms with E-state index in [1.807, 2.05) is 0 Å². The van der Waals surface area contributed by atoms with Gasteiger partial charge in [-0.3, -0.25) is 9.11 Å². The topological polar surface area (TPSA) is 32.3 Å². The smallest absolute Gasteiger partial charge is 0.0359 e. The molecule has 4 heteroatoms. The summed E-state index contributed by atoms with van der Waals surface area (Å²) >= 11 is 0. The molecule has 3 nitrogen and oxygen atoms in total. The zero-order chi connectivity index (χ0) is 8.97. The Morgan fingerprint density at radius 3 is 3.00 bits per heavy atom. The van der Waals surface area contributed by atoms with Crippen molar-refractivity contribution in [2.75, 3.05) is 38.2 Å². The molecule has 12 heavy (non-hydrogen) atoms. The quantitative estimate of drug-likeness (QED) is 0.661. The molecule has 1 heterocycles. The van der Waals surface area contributed by atoms with Gasteiger partial charge in [0.1, 0.15) is 0 Å². The van der Waals surface area contributed by atoms with Gasteiger partial charge >= 0.3 is 0 Å². The number of nitrogens with one attached hydrogen (secondary N) is 1. The summed E-state index contributed by atoms with van der Waals surface area (Å²) in [6, 6.07) is 0.599. The van der Waals surface area contributed by atoms with Crippen LogP contribution in [0.2, 0.25) is 0 Å². The largest absolute Gasteiger partial charge is 0.314 e. The summed E-state index contributed by atoms with van der Waals surface area (Å²) in [5, 5.41) is 3.33. The van der Waals surface area contributed by atoms with Crippen LogP contribution < -0.4 is 5.32 Å². The van der Waals surface area contributed by atoms with Crippen LogP contribution in [0.3, 0.4) is 0 Å². The Balaban J connectivity index is 2.24. The van der Waals surface area contributed by atoms with Crippen LogP contribution in [0.25, 0.3) is 0 Å². The maximum absolute atomic E-state index is 10.9. The van der Waals surface area contributed by atoms with Gasteiger partial charge in [-0.1, -0.05) is 0 Å². The van der Waals surface area contributed by atoms with Crippen molar-refractivity contribution < 1.29 is 4.21 Å². The standard InChI is InChI=1S/C8H18N2OS/c1-8-7-9-3-4-10(8)5-6-12(2)11/h8-9H,3-7H2,1-2H3. The molecule has 72 valence electrons. The molecule has 1 aliphatic rings. The molecule has 0 aliphatic carbocycles. The number of piperazine rings is 1. The van der Waals surface area contributed by atoms with Gasteiger partial charge in [-0.05, 0) is 6.92 Å². The summed E-state index contributed by atoms with van der Waals surface area (Å²) in [5.74, 6) is 0.810. The van der Waals surface area contributed by atoms with Crippen LogP contribution >= 0.6 is 0 Å². The van der Waals surface area contributed by atoms with E-state index in [9.17, 15) is 4.21 Å². The van der Waals surface area contributed by atoms with Crippen molar-refractivity contribution in [2.24, 2.45) is 0 Å². The van der Waals surface area contributed by atoms with Crippen molar-refractivity contribution in [3.05, 3.63) is 0 Å². The van der Waals surface area contributed by atoms with Crippen LogP contribution in [0.5, 0.6) is 0 Å². The lowest BCUT2D eigenvalue weighted by Crippen LogP contribution is -2.50. The summed E-state index contributed by atoms with van der Waals surface area (Å²) in [4.78, 5) is 2.40. The van der Waals surface area contributed by atoms with E-state index in [1.165, 1.54) is 0 Å². The molecule has 1 N–H and O–H groups in total. The van der Waals surface area contributed by atoms with Gasteiger partial charge in [0.2, 0.25) is 0 Å². The van der Waals surface area contributed by atoms with Crippen molar-refractivity contribution in [1.29, 1.82) is 0 Å². The Hall–Kier alpha value is 0.0700. The van der Waals surface area contributed by atoms with E-state index in [2.05, 4.69) is 17.1 Å². The van der Waals surface area contributed by atoms with Gasteiger partial charge in [0, 0.05) is 55.0 Å². The number of hydrogen-bond acceptors (Lipinski definition) is 3. The lowest BCUT2D eigenvalue weighted by Gasteiger charge is -2.33. The second-order valence-corrected chi connectivity index (χ2v) is 4.92. The third kappa shape index (κ3) is 3.21. The first-order valence-electron chi connectivity index (χ1n) is 4.45. The van der Waals surface area contributed by atoms with E-state index in [0.717, 1.165) is 31.9 Å². The summed E-state index contributed by atoms with van der Waals surface area (Å²) in [5.41, 5.74) is 0. The normalized spacial score (nSPS) is 28.7. The zero-order valence-electron chi connectivity index (χ0n) is 7.88. The second kappa shape index (κ2) is 4.94. The van der Waals surface area contributed by atoms with E-state index in [1.54, 1.807) is 6.26 Å². The van der Waals surface area contributed by atoms with Crippen LogP contribution in [-0.2, 0) is 10.8 Å². The average molecular weight is 190 g/mol. The number of hydrogen-bond donors (Lipinski definition) is 1. The summed E-state index contributed by atoms with van der Waals surface area (Å²) in [7, 11) is -0.644. The molecule has 0 bridgehead atoms. The van der Waals surface area contributed by atoms with Crippen molar-refractivity contribution in [1.82, 2.24) is 10.2 Å². The molecule has 0 aromatic carbocycles. The molecule has 1 rings (SSSR count). The lowest BCUT2D eigenvalue weighted by atomic mass is 10.2. The van der Waals surface area contributed by atoms with Crippen molar-refractivity contribution in [3.63, 3.8) is 0 Å². The van der Waals surface area contributed by atoms with Crippen LogP contribution in [-0.4, -0.2) is 53.3 Å². The van der Waals surface area contributed by atoms with Gasteiger partial charge in [0.15, 0.2) is 0 Å². The Morgan fingerprint density at radius 1 is 1.67 bits per heavy atom. The van der Waals surface area contributed by atoms with Crippen LogP contribution in [0.4, 0.5) is 0 Å². The van der Waals surface area contributed by atoms with Gasteiger partial charge < -0.3 is 5.32 Å². The first kappa shape index (κ1) is 10.2. The Kier molecular flexibility index (Phi) is 4.18. The van der Waals surface area contributed by atoms with E-state index in [-0.39, 0.29) is 0 Å². The second-order valence-electron chi connectivity index (χ2n) is 3.37. The molecule has 0 aromatic heterocycles. The Labute approximate surface area is 77.0 Å². The predicted octanol–water partition coefficient (Wildman–Crippen LogP) is -0.341. The maximum atomic E-state index is 10.9. The van der Waals surface area contributed by atoms with Gasteiger partial charge in [0.05, 0.1) is 0 Å². The van der Waals surface area contributed by atoms with Crippen LogP contribution in [0.15, 0.2) is 0 Å². The highest BCUT2D eigenvalue weighted by Gasteiger charge is 2.16. The third-order valence-electron chi connectivity index (χ3n) is 2.30. The summed E-state index contributed by atoms with van der Waals surface area (Å²) < 4.78 is 10.9. The third-order valence-corrected chi connectivity index (χ3v) is 3.06. The molecular formula is C8H18N2OS. The maximum Gasteiger partial charge on any atom is 0.0359 e. The van der Waals surface area contributed by atoms with Gasteiger partial charge in [-0.2, -0.15) is 0 Å². The van der Waals surface area contributed by atoms with Gasteiger partial charge in [-0.15, -0.1) is 0 Å². The fraction of sp³-hybridized carbons (Fsp3) is 1.00. The average Bonchev–Trinajstić information content (AvgIpc) is 2.03. The van der Waals surface area contributed by atoms with Crippen LogP contribution in [0.1, 0.15) is 6.92 Å². The predicted molar refractivity (Wildman–Crippen MR) is 52.8 cm³/mol. The van der Waals surface area contributed by atoms with Gasteiger partial charge in [-0.25, -0.2) is 0 Å². The Morgan fingerprint density at radius 2 is 2.42 bits per heavy atom. The molecule has 1 fully saturated rings. The number of nitrogens with zero attached hydrogens (tertiary/aromatic N) is 1. The minimum absolute atomic E-state index is 0.599. The molecule has 0 aromatic rings. The van der Waals surface area contributed by atoms with Crippen molar-refractivity contribution in [3.8, 4) is 0 Å². The van der Waals surface area contributed by atoms with E-state index >= 15 is 0 Å². The van der Waals surface area contributed by atoms with E-state index in [0.29, 0.717) is 6.04 Å². The van der Waals surface area contributed by atoms with Crippen molar-refractivity contribution >= 4 is 10.8 Å². The fourth-order valence-electron chi connectivity index (χ4n) is 1.46. The molecular weight excluding hydrogens is 172 g/mol. The molecule has 0 spiro atoms. The first-order chi connectivity index (χ1) is 5.70. The Bertz CT molecular complexity index is 163. The molecule has 1 aliphatic heterocycles. The summed E-state index contributed by atoms with van der Waals surface area (Å²) in [6.07, 6.45) is 1.77. The molecule has 2 unspecified atom stereocenters. The minimum atomic E-state index is -0.644. The number of rotatable bonds is 3. The molecule has 0 saturated carbocycles. The van der Waals surface area contributed by atoms with E-state index < -0.39 is 10.8 Å². The molecule has 1 saturated heterocycles. The van der Waals surface area contributed by atoms with Crippen LogP contribution in [0, 0.1) is 0 Å². The highest BCUT2D eigenvalue weighted by atomic mass is 32.2. The van der Waals surface area contributed by atoms with Gasteiger partial charge in [0.25, 0.3) is 0 Å².